The van der Waals surface area contributed by atoms with Crippen LogP contribution in [0, 0.1) is 11.8 Å². The fraction of sp³-hybridized carbons (Fsp3) is 0.786. The molecule has 108 valence electrons. The molecule has 1 heterocycles. The minimum absolute atomic E-state index is 0.704. The quantitative estimate of drug-likeness (QED) is 0.798. The second kappa shape index (κ2) is 7.09. The van der Waals surface area contributed by atoms with Crippen LogP contribution in [0.2, 0.25) is 0 Å². The maximum Gasteiger partial charge on any atom is 0.0767 e. The van der Waals surface area contributed by atoms with Gasteiger partial charge < -0.3 is 5.32 Å². The monoisotopic (exact) mass is 347 g/mol. The molecule has 1 aliphatic carbocycles. The predicted octanol–water partition coefficient (Wildman–Crippen LogP) is 3.49. The van der Waals surface area contributed by atoms with Crippen molar-refractivity contribution in [2.45, 2.75) is 39.2 Å². The highest BCUT2D eigenvalue weighted by molar-refractivity contribution is 9.10. The van der Waals surface area contributed by atoms with E-state index in [0.717, 1.165) is 41.5 Å². The largest absolute Gasteiger partial charge is 0.311 e. The van der Waals surface area contributed by atoms with Gasteiger partial charge in [-0.05, 0) is 53.6 Å². The van der Waals surface area contributed by atoms with Crippen molar-refractivity contribution in [3.05, 3.63) is 15.9 Å². The highest BCUT2D eigenvalue weighted by atomic mass is 79.9. The van der Waals surface area contributed by atoms with Crippen LogP contribution in [0.25, 0.3) is 0 Å². The molecule has 19 heavy (non-hydrogen) atoms. The standard InChI is InChI=1S/C14H23BrClN3/c1-3-12-14(15)13(19(2)18-12)9-17-8-11-6-4-5-10(11)7-16/h10-11,17H,3-9H2,1-2H3. The van der Waals surface area contributed by atoms with Crippen LogP contribution in [0.1, 0.15) is 37.6 Å². The van der Waals surface area contributed by atoms with Crippen molar-refractivity contribution in [3.8, 4) is 0 Å². The summed E-state index contributed by atoms with van der Waals surface area (Å²) in [6.07, 6.45) is 4.91. The third-order valence-electron chi connectivity index (χ3n) is 4.22. The van der Waals surface area contributed by atoms with E-state index in [-0.39, 0.29) is 0 Å². The zero-order chi connectivity index (χ0) is 13.8. The molecule has 0 aliphatic heterocycles. The molecule has 2 unspecified atom stereocenters. The smallest absolute Gasteiger partial charge is 0.0767 e. The summed E-state index contributed by atoms with van der Waals surface area (Å²) in [5, 5.41) is 8.10. The molecule has 1 aliphatic rings. The van der Waals surface area contributed by atoms with Crippen LogP contribution in [0.3, 0.4) is 0 Å². The molecule has 1 aromatic heterocycles. The fourth-order valence-corrected chi connectivity index (χ4v) is 4.14. The van der Waals surface area contributed by atoms with E-state index >= 15 is 0 Å². The van der Waals surface area contributed by atoms with E-state index in [1.54, 1.807) is 0 Å². The van der Waals surface area contributed by atoms with Crippen molar-refractivity contribution in [1.82, 2.24) is 15.1 Å². The van der Waals surface area contributed by atoms with Crippen molar-refractivity contribution in [2.75, 3.05) is 12.4 Å². The van der Waals surface area contributed by atoms with E-state index in [1.807, 2.05) is 11.7 Å². The maximum absolute atomic E-state index is 6.02. The van der Waals surface area contributed by atoms with E-state index in [0.29, 0.717) is 5.92 Å². The SMILES string of the molecule is CCc1nn(C)c(CNCC2CCCC2CCl)c1Br. The van der Waals surface area contributed by atoms with E-state index in [2.05, 4.69) is 33.3 Å². The van der Waals surface area contributed by atoms with Crippen molar-refractivity contribution in [3.63, 3.8) is 0 Å². The summed E-state index contributed by atoms with van der Waals surface area (Å²) in [6, 6.07) is 0. The first-order valence-corrected chi connectivity index (χ1v) is 8.47. The van der Waals surface area contributed by atoms with Gasteiger partial charge in [0.1, 0.15) is 0 Å². The lowest BCUT2D eigenvalue weighted by molar-refractivity contribution is 0.393. The predicted molar refractivity (Wildman–Crippen MR) is 83.5 cm³/mol. The number of hydrogen-bond acceptors (Lipinski definition) is 2. The molecule has 1 aromatic rings. The van der Waals surface area contributed by atoms with E-state index in [1.165, 1.54) is 25.0 Å². The fourth-order valence-electron chi connectivity index (χ4n) is 2.97. The second-order valence-corrected chi connectivity index (χ2v) is 6.52. The summed E-state index contributed by atoms with van der Waals surface area (Å²) < 4.78 is 3.13. The van der Waals surface area contributed by atoms with E-state index in [9.17, 15) is 0 Å². The molecule has 2 rings (SSSR count). The van der Waals surface area contributed by atoms with Crippen LogP contribution >= 0.6 is 27.5 Å². The lowest BCUT2D eigenvalue weighted by atomic mass is 9.98. The van der Waals surface area contributed by atoms with Gasteiger partial charge in [0.05, 0.1) is 15.9 Å². The van der Waals surface area contributed by atoms with Gasteiger partial charge in [-0.3, -0.25) is 4.68 Å². The number of alkyl halides is 1. The number of rotatable bonds is 6. The lowest BCUT2D eigenvalue weighted by Gasteiger charge is -2.17. The van der Waals surface area contributed by atoms with Gasteiger partial charge in [-0.2, -0.15) is 5.10 Å². The molecule has 0 radical (unpaired) electrons. The molecule has 3 nitrogen and oxygen atoms in total. The van der Waals surface area contributed by atoms with E-state index in [4.69, 9.17) is 11.6 Å². The highest BCUT2D eigenvalue weighted by Crippen LogP contribution is 2.32. The molecule has 0 bridgehead atoms. The molecule has 0 spiro atoms. The van der Waals surface area contributed by atoms with Crippen LogP contribution in [-0.4, -0.2) is 22.2 Å². The van der Waals surface area contributed by atoms with Gasteiger partial charge in [-0.15, -0.1) is 11.6 Å². The van der Waals surface area contributed by atoms with Crippen molar-refractivity contribution in [1.29, 1.82) is 0 Å². The van der Waals surface area contributed by atoms with Gasteiger partial charge in [0, 0.05) is 19.5 Å². The maximum atomic E-state index is 6.02. The first kappa shape index (κ1) is 15.3. The summed E-state index contributed by atoms with van der Waals surface area (Å²) in [5.41, 5.74) is 2.37. The summed E-state index contributed by atoms with van der Waals surface area (Å²) >= 11 is 9.68. The molecule has 1 N–H and O–H groups in total. The van der Waals surface area contributed by atoms with Crippen molar-refractivity contribution >= 4 is 27.5 Å². The zero-order valence-corrected chi connectivity index (χ0v) is 14.1. The van der Waals surface area contributed by atoms with Crippen LogP contribution in [0.5, 0.6) is 0 Å². The molecule has 2 atom stereocenters. The van der Waals surface area contributed by atoms with E-state index < -0.39 is 0 Å². The van der Waals surface area contributed by atoms with Crippen molar-refractivity contribution < 1.29 is 0 Å². The van der Waals surface area contributed by atoms with Crippen LogP contribution < -0.4 is 5.32 Å². The molecule has 1 fully saturated rings. The van der Waals surface area contributed by atoms with Gasteiger partial charge in [0.25, 0.3) is 0 Å². The van der Waals surface area contributed by atoms with Gasteiger partial charge in [-0.25, -0.2) is 0 Å². The van der Waals surface area contributed by atoms with Crippen molar-refractivity contribution in [2.24, 2.45) is 18.9 Å². The highest BCUT2D eigenvalue weighted by Gasteiger charge is 2.26. The first-order valence-electron chi connectivity index (χ1n) is 7.14. The average Bonchev–Trinajstić information content (AvgIpc) is 2.96. The summed E-state index contributed by atoms with van der Waals surface area (Å²) in [5.74, 6) is 2.26. The number of nitrogens with one attached hydrogen (secondary N) is 1. The Morgan fingerprint density at radius 2 is 2.16 bits per heavy atom. The van der Waals surface area contributed by atoms with Gasteiger partial charge in [0.15, 0.2) is 0 Å². The Balaban J connectivity index is 1.87. The summed E-state index contributed by atoms with van der Waals surface area (Å²) in [7, 11) is 2.01. The molecule has 1 saturated carbocycles. The Morgan fingerprint density at radius 1 is 1.42 bits per heavy atom. The Labute approximate surface area is 129 Å². The number of aromatic nitrogens is 2. The van der Waals surface area contributed by atoms with Crippen LogP contribution in [-0.2, 0) is 20.0 Å². The second-order valence-electron chi connectivity index (χ2n) is 5.42. The minimum atomic E-state index is 0.704. The number of aryl methyl sites for hydroxylation is 2. The molecule has 5 heteroatoms. The molecular formula is C14H23BrClN3. The number of halogens is 2. The topological polar surface area (TPSA) is 29.9 Å². The molecule has 0 aromatic carbocycles. The Morgan fingerprint density at radius 3 is 2.79 bits per heavy atom. The average molecular weight is 349 g/mol. The Kier molecular flexibility index (Phi) is 5.72. The van der Waals surface area contributed by atoms with Gasteiger partial charge in [0.2, 0.25) is 0 Å². The van der Waals surface area contributed by atoms with Gasteiger partial charge in [-0.1, -0.05) is 13.3 Å². The van der Waals surface area contributed by atoms with Crippen LogP contribution in [0.15, 0.2) is 4.47 Å². The first-order chi connectivity index (χ1) is 9.17. The summed E-state index contributed by atoms with van der Waals surface area (Å²) in [6.45, 7) is 4.07. The Bertz CT molecular complexity index is 419. The molecular weight excluding hydrogens is 326 g/mol. The zero-order valence-electron chi connectivity index (χ0n) is 11.8. The van der Waals surface area contributed by atoms with Gasteiger partial charge >= 0.3 is 0 Å². The lowest BCUT2D eigenvalue weighted by Crippen LogP contribution is -2.26. The third-order valence-corrected chi connectivity index (χ3v) is 5.53. The van der Waals surface area contributed by atoms with Crippen LogP contribution in [0.4, 0.5) is 0 Å². The number of hydrogen-bond donors (Lipinski definition) is 1. The molecule has 0 saturated heterocycles. The number of nitrogens with zero attached hydrogens (tertiary/aromatic N) is 2. The summed E-state index contributed by atoms with van der Waals surface area (Å²) in [4.78, 5) is 0. The third kappa shape index (κ3) is 3.53. The normalized spacial score (nSPS) is 23.2. The Hall–Kier alpha value is -0.0600. The minimum Gasteiger partial charge on any atom is -0.311 e. The molecule has 0 amide bonds.